The lowest BCUT2D eigenvalue weighted by Crippen LogP contribution is -2.36. The Bertz CT molecular complexity index is 1220. The highest BCUT2D eigenvalue weighted by Gasteiger charge is 2.47. The van der Waals surface area contributed by atoms with Crippen molar-refractivity contribution in [2.24, 2.45) is 0 Å². The molecule has 0 saturated heterocycles. The number of hydrogen-bond acceptors (Lipinski definition) is 6. The summed E-state index contributed by atoms with van der Waals surface area (Å²) in [5, 5.41) is 11.8. The van der Waals surface area contributed by atoms with E-state index in [1.807, 2.05) is 0 Å². The number of nitro groups is 1. The molecule has 2 heterocycles. The number of benzene rings is 3. The molecule has 0 spiro atoms. The number of carbonyl (C=O) groups is 2. The van der Waals surface area contributed by atoms with E-state index in [4.69, 9.17) is 9.47 Å². The van der Waals surface area contributed by atoms with Crippen LogP contribution in [0.2, 0.25) is 0 Å². The molecule has 30 heavy (non-hydrogen) atoms. The lowest BCUT2D eigenvalue weighted by Gasteiger charge is -2.33. The summed E-state index contributed by atoms with van der Waals surface area (Å²) in [4.78, 5) is 38.8. The van der Waals surface area contributed by atoms with Crippen LogP contribution in [0, 0.1) is 10.1 Å². The predicted octanol–water partition coefficient (Wildman–Crippen LogP) is 4.09. The first-order chi connectivity index (χ1) is 14.5. The molecule has 0 aliphatic carbocycles. The molecule has 2 aliphatic rings. The zero-order valence-corrected chi connectivity index (χ0v) is 15.7. The Morgan fingerprint density at radius 2 is 1.60 bits per heavy atom. The van der Waals surface area contributed by atoms with Gasteiger partial charge in [0.05, 0.1) is 23.2 Å². The Hall–Kier alpha value is -4.20. The lowest BCUT2D eigenvalue weighted by molar-refractivity contribution is -0.385. The summed E-state index contributed by atoms with van der Waals surface area (Å²) in [5.74, 6) is -0.246. The number of para-hydroxylation sites is 1. The average Bonchev–Trinajstić information content (AvgIpc) is 3.01. The molecule has 0 saturated carbocycles. The van der Waals surface area contributed by atoms with Gasteiger partial charge in [-0.05, 0) is 24.3 Å². The molecule has 2 amide bonds. The van der Waals surface area contributed by atoms with Gasteiger partial charge in [-0.1, -0.05) is 30.3 Å². The standard InChI is InChI=1S/C22H14N2O6/c1-29-17-11-10-15(24(27)28)18-19(14-8-4-5-9-16(14)30-20(17)18)23-21(25)12-6-2-3-7-13(12)22(23)26/h2-11,19H,1H3. The number of ether oxygens (including phenoxy) is 2. The maximum Gasteiger partial charge on any atom is 0.279 e. The number of imide groups is 1. The molecule has 0 fully saturated rings. The highest BCUT2D eigenvalue weighted by Crippen LogP contribution is 2.54. The van der Waals surface area contributed by atoms with E-state index in [-0.39, 0.29) is 33.9 Å². The Morgan fingerprint density at radius 1 is 0.967 bits per heavy atom. The molecule has 0 bridgehead atoms. The molecule has 8 nitrogen and oxygen atoms in total. The van der Waals surface area contributed by atoms with Gasteiger partial charge in [0.2, 0.25) is 0 Å². The van der Waals surface area contributed by atoms with E-state index in [0.717, 1.165) is 4.90 Å². The first kappa shape index (κ1) is 17.9. The van der Waals surface area contributed by atoms with Crippen LogP contribution in [-0.2, 0) is 0 Å². The van der Waals surface area contributed by atoms with E-state index in [2.05, 4.69) is 0 Å². The van der Waals surface area contributed by atoms with E-state index in [1.165, 1.54) is 19.2 Å². The van der Waals surface area contributed by atoms with Crippen LogP contribution >= 0.6 is 0 Å². The summed E-state index contributed by atoms with van der Waals surface area (Å²) in [6.07, 6.45) is 0. The lowest BCUT2D eigenvalue weighted by atomic mass is 9.91. The molecule has 0 aromatic heterocycles. The number of amides is 2. The van der Waals surface area contributed by atoms with Gasteiger partial charge in [0.1, 0.15) is 17.4 Å². The molecule has 0 N–H and O–H groups in total. The normalized spacial score (nSPS) is 16.4. The van der Waals surface area contributed by atoms with Crippen LogP contribution in [0.3, 0.4) is 0 Å². The van der Waals surface area contributed by atoms with Gasteiger partial charge in [0.15, 0.2) is 11.5 Å². The van der Waals surface area contributed by atoms with Crippen molar-refractivity contribution >= 4 is 17.5 Å². The van der Waals surface area contributed by atoms with Crippen molar-refractivity contribution in [3.63, 3.8) is 0 Å². The molecule has 0 radical (unpaired) electrons. The Kier molecular flexibility index (Phi) is 3.82. The zero-order chi connectivity index (χ0) is 21.0. The molecule has 1 atom stereocenters. The second kappa shape index (κ2) is 6.41. The quantitative estimate of drug-likeness (QED) is 0.372. The summed E-state index contributed by atoms with van der Waals surface area (Å²) in [5.41, 5.74) is 0.849. The largest absolute Gasteiger partial charge is 0.493 e. The van der Waals surface area contributed by atoms with Crippen molar-refractivity contribution in [3.8, 4) is 17.2 Å². The first-order valence-corrected chi connectivity index (χ1v) is 9.12. The number of nitro benzene ring substituents is 1. The van der Waals surface area contributed by atoms with E-state index >= 15 is 0 Å². The van der Waals surface area contributed by atoms with Crippen LogP contribution < -0.4 is 9.47 Å². The van der Waals surface area contributed by atoms with Gasteiger partial charge in [-0.15, -0.1) is 0 Å². The maximum absolute atomic E-state index is 13.2. The molecule has 5 rings (SSSR count). The summed E-state index contributed by atoms with van der Waals surface area (Å²) >= 11 is 0. The van der Waals surface area contributed by atoms with Crippen molar-refractivity contribution in [2.75, 3.05) is 7.11 Å². The summed E-state index contributed by atoms with van der Waals surface area (Å²) < 4.78 is 11.3. The number of nitrogens with zero attached hydrogens (tertiary/aromatic N) is 2. The molecule has 8 heteroatoms. The van der Waals surface area contributed by atoms with Gasteiger partial charge in [-0.25, -0.2) is 0 Å². The minimum absolute atomic E-state index is 0.104. The van der Waals surface area contributed by atoms with E-state index < -0.39 is 22.8 Å². The first-order valence-electron chi connectivity index (χ1n) is 9.12. The van der Waals surface area contributed by atoms with Crippen LogP contribution in [0.25, 0.3) is 0 Å². The maximum atomic E-state index is 13.2. The van der Waals surface area contributed by atoms with Gasteiger partial charge in [0, 0.05) is 11.6 Å². The van der Waals surface area contributed by atoms with Crippen molar-refractivity contribution in [3.05, 3.63) is 93.0 Å². The summed E-state index contributed by atoms with van der Waals surface area (Å²) in [6.45, 7) is 0. The van der Waals surface area contributed by atoms with E-state index in [1.54, 1.807) is 48.5 Å². The van der Waals surface area contributed by atoms with Gasteiger partial charge in [0.25, 0.3) is 17.5 Å². The second-order valence-electron chi connectivity index (χ2n) is 6.86. The third-order valence-electron chi connectivity index (χ3n) is 5.34. The minimum atomic E-state index is -1.03. The Morgan fingerprint density at radius 3 is 2.23 bits per heavy atom. The van der Waals surface area contributed by atoms with Crippen LogP contribution in [0.15, 0.2) is 60.7 Å². The smallest absolute Gasteiger partial charge is 0.279 e. The molecule has 3 aromatic rings. The van der Waals surface area contributed by atoms with Crippen LogP contribution in [0.4, 0.5) is 5.69 Å². The fourth-order valence-electron chi connectivity index (χ4n) is 4.03. The second-order valence-corrected chi connectivity index (χ2v) is 6.86. The number of carbonyl (C=O) groups excluding carboxylic acids is 2. The molecule has 3 aromatic carbocycles. The number of fused-ring (bicyclic) bond motifs is 3. The highest BCUT2D eigenvalue weighted by molar-refractivity contribution is 6.21. The molecular formula is C22H14N2O6. The third kappa shape index (κ3) is 2.33. The van der Waals surface area contributed by atoms with Gasteiger partial charge >= 0.3 is 0 Å². The molecule has 1 unspecified atom stereocenters. The van der Waals surface area contributed by atoms with Gasteiger partial charge in [-0.2, -0.15) is 0 Å². The van der Waals surface area contributed by atoms with Crippen LogP contribution in [0.5, 0.6) is 17.2 Å². The van der Waals surface area contributed by atoms with Crippen molar-refractivity contribution in [1.29, 1.82) is 0 Å². The van der Waals surface area contributed by atoms with Crippen LogP contribution in [0.1, 0.15) is 37.9 Å². The summed E-state index contributed by atoms with van der Waals surface area (Å²) in [7, 11) is 1.42. The van der Waals surface area contributed by atoms with Crippen molar-refractivity contribution in [1.82, 2.24) is 4.90 Å². The minimum Gasteiger partial charge on any atom is -0.493 e. The SMILES string of the molecule is COc1ccc([N+](=O)[O-])c2c1Oc1ccccc1C2N1C(=O)c2ccccc2C1=O. The van der Waals surface area contributed by atoms with Crippen molar-refractivity contribution in [2.45, 2.75) is 6.04 Å². The van der Waals surface area contributed by atoms with Gasteiger partial charge in [-0.3, -0.25) is 24.6 Å². The van der Waals surface area contributed by atoms with Crippen LogP contribution in [-0.4, -0.2) is 28.7 Å². The highest BCUT2D eigenvalue weighted by atomic mass is 16.6. The third-order valence-corrected chi connectivity index (χ3v) is 5.34. The topological polar surface area (TPSA) is 99.0 Å². The number of rotatable bonds is 3. The monoisotopic (exact) mass is 402 g/mol. The molecular weight excluding hydrogens is 388 g/mol. The fourth-order valence-corrected chi connectivity index (χ4v) is 4.03. The predicted molar refractivity (Wildman–Crippen MR) is 105 cm³/mol. The number of hydrogen-bond donors (Lipinski definition) is 0. The van der Waals surface area contributed by atoms with Gasteiger partial charge < -0.3 is 9.47 Å². The average molecular weight is 402 g/mol. The Balaban J connectivity index is 1.81. The number of methoxy groups -OCH3 is 1. The molecule has 2 aliphatic heterocycles. The molecule has 148 valence electrons. The fraction of sp³-hybridized carbons (Fsp3) is 0.0909. The van der Waals surface area contributed by atoms with E-state index in [9.17, 15) is 19.7 Å². The summed E-state index contributed by atoms with van der Waals surface area (Å²) in [6, 6.07) is 15.0. The van der Waals surface area contributed by atoms with Crippen molar-refractivity contribution < 1.29 is 24.0 Å². The Labute approximate surface area is 170 Å². The zero-order valence-electron chi connectivity index (χ0n) is 15.7. The van der Waals surface area contributed by atoms with E-state index in [0.29, 0.717) is 11.3 Å².